The maximum Gasteiger partial charge on any atom is 0.246 e. The molecular weight excluding hydrogens is 340 g/mol. The number of likely N-dealkylation sites (tertiary alicyclic amines) is 1. The van der Waals surface area contributed by atoms with Crippen LogP contribution in [0.2, 0.25) is 0 Å². The van der Waals surface area contributed by atoms with E-state index in [2.05, 4.69) is 11.9 Å². The Labute approximate surface area is 162 Å². The van der Waals surface area contributed by atoms with Crippen LogP contribution in [0.5, 0.6) is 0 Å². The van der Waals surface area contributed by atoms with Gasteiger partial charge in [0.1, 0.15) is 0 Å². The highest BCUT2D eigenvalue weighted by atomic mass is 16.2. The van der Waals surface area contributed by atoms with Crippen LogP contribution in [-0.4, -0.2) is 34.7 Å². The standard InChI is InChI=1S/C22H34N2O3/c1-15(2)20(25)23-18-13-9-5-3-7-11-16(18)21(26)24-19-14-10-6-4-8-12-17(19)22(24)27/h16-19H,1,3-14H2,2H3,(H,23,25)/t16-,17-,18+,19+/m1/s1. The molecule has 2 saturated carbocycles. The lowest BCUT2D eigenvalue weighted by atomic mass is 9.76. The molecule has 1 aliphatic heterocycles. The van der Waals surface area contributed by atoms with Gasteiger partial charge in [-0.1, -0.05) is 57.9 Å². The van der Waals surface area contributed by atoms with Gasteiger partial charge in [-0.25, -0.2) is 0 Å². The molecule has 2 aliphatic carbocycles. The Kier molecular flexibility index (Phi) is 6.72. The number of carbonyl (C=O) groups is 3. The van der Waals surface area contributed by atoms with Crippen LogP contribution < -0.4 is 5.32 Å². The summed E-state index contributed by atoms with van der Waals surface area (Å²) in [5.74, 6) is -0.443. The van der Waals surface area contributed by atoms with Crippen molar-refractivity contribution in [2.75, 3.05) is 0 Å². The Hall–Kier alpha value is -1.65. The zero-order valence-corrected chi connectivity index (χ0v) is 16.7. The third-order valence-electron chi connectivity index (χ3n) is 6.64. The maximum absolute atomic E-state index is 13.4. The van der Waals surface area contributed by atoms with Gasteiger partial charge >= 0.3 is 0 Å². The van der Waals surface area contributed by atoms with E-state index in [1.54, 1.807) is 11.8 Å². The molecule has 3 fully saturated rings. The molecule has 0 aromatic heterocycles. The van der Waals surface area contributed by atoms with E-state index in [0.717, 1.165) is 64.2 Å². The average molecular weight is 375 g/mol. The third kappa shape index (κ3) is 4.44. The van der Waals surface area contributed by atoms with Crippen molar-refractivity contribution in [1.82, 2.24) is 10.2 Å². The van der Waals surface area contributed by atoms with Crippen LogP contribution in [0.25, 0.3) is 0 Å². The van der Waals surface area contributed by atoms with Crippen molar-refractivity contribution in [3.05, 3.63) is 12.2 Å². The molecule has 3 amide bonds. The number of rotatable bonds is 3. The zero-order valence-electron chi connectivity index (χ0n) is 16.7. The van der Waals surface area contributed by atoms with Gasteiger partial charge in [0.15, 0.2) is 0 Å². The lowest BCUT2D eigenvalue weighted by Gasteiger charge is -2.49. The van der Waals surface area contributed by atoms with Gasteiger partial charge in [-0.15, -0.1) is 0 Å². The quantitative estimate of drug-likeness (QED) is 0.465. The normalized spacial score (nSPS) is 32.0. The minimum atomic E-state index is -0.288. The van der Waals surface area contributed by atoms with Crippen LogP contribution in [0.4, 0.5) is 0 Å². The zero-order chi connectivity index (χ0) is 19.4. The van der Waals surface area contributed by atoms with E-state index in [0.29, 0.717) is 5.57 Å². The number of hydrogen-bond donors (Lipinski definition) is 1. The number of amides is 3. The first-order valence-corrected chi connectivity index (χ1v) is 10.8. The van der Waals surface area contributed by atoms with Crippen molar-refractivity contribution in [3.63, 3.8) is 0 Å². The van der Waals surface area contributed by atoms with Gasteiger partial charge in [0.05, 0.1) is 17.9 Å². The van der Waals surface area contributed by atoms with Crippen molar-refractivity contribution in [2.45, 2.75) is 96.1 Å². The second-order valence-electron chi connectivity index (χ2n) is 8.67. The number of β-lactam (4-membered cyclic amide) rings is 1. The lowest BCUT2D eigenvalue weighted by Crippen LogP contribution is -2.65. The minimum Gasteiger partial charge on any atom is -0.349 e. The van der Waals surface area contributed by atoms with Crippen molar-refractivity contribution in [1.29, 1.82) is 0 Å². The SMILES string of the molecule is C=C(C)C(=O)N[C@H]1CCCCCC[C@H]1C(=O)N1C(=O)[C@@H]2CCCCCC[C@@H]21. The first-order valence-electron chi connectivity index (χ1n) is 10.8. The van der Waals surface area contributed by atoms with Crippen molar-refractivity contribution >= 4 is 17.7 Å². The van der Waals surface area contributed by atoms with E-state index in [4.69, 9.17) is 0 Å². The number of hydrogen-bond acceptors (Lipinski definition) is 3. The summed E-state index contributed by atoms with van der Waals surface area (Å²) in [7, 11) is 0. The first kappa shape index (κ1) is 20.1. The number of carbonyl (C=O) groups excluding carboxylic acids is 3. The molecule has 27 heavy (non-hydrogen) atoms. The predicted molar refractivity (Wildman–Crippen MR) is 105 cm³/mol. The summed E-state index contributed by atoms with van der Waals surface area (Å²) in [4.78, 5) is 39.9. The van der Waals surface area contributed by atoms with Crippen molar-refractivity contribution < 1.29 is 14.4 Å². The van der Waals surface area contributed by atoms with Crippen LogP contribution in [0.1, 0.15) is 84.0 Å². The number of nitrogens with one attached hydrogen (secondary N) is 1. The minimum absolute atomic E-state index is 0.0268. The van der Waals surface area contributed by atoms with Crippen LogP contribution in [-0.2, 0) is 14.4 Å². The summed E-state index contributed by atoms with van der Waals surface area (Å²) in [5, 5.41) is 3.03. The summed E-state index contributed by atoms with van der Waals surface area (Å²) in [6.45, 7) is 5.41. The molecule has 5 nitrogen and oxygen atoms in total. The molecule has 0 radical (unpaired) electrons. The smallest absolute Gasteiger partial charge is 0.246 e. The fraction of sp³-hybridized carbons (Fsp3) is 0.773. The second-order valence-corrected chi connectivity index (χ2v) is 8.67. The molecule has 0 aromatic rings. The third-order valence-corrected chi connectivity index (χ3v) is 6.64. The highest BCUT2D eigenvalue weighted by molar-refractivity contribution is 6.03. The topological polar surface area (TPSA) is 66.5 Å². The highest BCUT2D eigenvalue weighted by Crippen LogP contribution is 2.39. The number of fused-ring (bicyclic) bond motifs is 1. The predicted octanol–water partition coefficient (Wildman–Crippen LogP) is 3.73. The molecule has 0 aromatic carbocycles. The van der Waals surface area contributed by atoms with E-state index in [1.165, 1.54) is 12.8 Å². The van der Waals surface area contributed by atoms with E-state index >= 15 is 0 Å². The lowest BCUT2D eigenvalue weighted by molar-refractivity contribution is -0.170. The first-order chi connectivity index (χ1) is 13.0. The Balaban J connectivity index is 1.75. The van der Waals surface area contributed by atoms with Gasteiger partial charge in [-0.2, -0.15) is 0 Å². The summed E-state index contributed by atoms with van der Waals surface area (Å²) in [6, 6.07) is -0.101. The molecule has 3 rings (SSSR count). The molecule has 150 valence electrons. The maximum atomic E-state index is 13.4. The van der Waals surface area contributed by atoms with Crippen LogP contribution in [0.15, 0.2) is 12.2 Å². The number of imide groups is 1. The molecule has 0 spiro atoms. The van der Waals surface area contributed by atoms with E-state index < -0.39 is 0 Å². The Bertz CT molecular complexity index is 600. The molecule has 4 atom stereocenters. The van der Waals surface area contributed by atoms with Gasteiger partial charge in [-0.05, 0) is 32.6 Å². The van der Waals surface area contributed by atoms with E-state index in [-0.39, 0.29) is 41.6 Å². The van der Waals surface area contributed by atoms with Gasteiger partial charge in [0, 0.05) is 11.6 Å². The monoisotopic (exact) mass is 374 g/mol. The fourth-order valence-electron chi connectivity index (χ4n) is 5.02. The molecule has 0 unspecified atom stereocenters. The summed E-state index contributed by atoms with van der Waals surface area (Å²) in [5.41, 5.74) is 0.461. The van der Waals surface area contributed by atoms with Gasteiger partial charge in [0.25, 0.3) is 0 Å². The Morgan fingerprint density at radius 2 is 1.52 bits per heavy atom. The Morgan fingerprint density at radius 1 is 0.926 bits per heavy atom. The van der Waals surface area contributed by atoms with Crippen molar-refractivity contribution in [3.8, 4) is 0 Å². The van der Waals surface area contributed by atoms with Gasteiger partial charge in [0.2, 0.25) is 17.7 Å². The average Bonchev–Trinajstić information content (AvgIpc) is 2.59. The van der Waals surface area contributed by atoms with Crippen molar-refractivity contribution in [2.24, 2.45) is 11.8 Å². The fourth-order valence-corrected chi connectivity index (χ4v) is 5.02. The van der Waals surface area contributed by atoms with E-state index in [9.17, 15) is 14.4 Å². The molecule has 0 bridgehead atoms. The molecule has 1 saturated heterocycles. The number of nitrogens with zero attached hydrogens (tertiary/aromatic N) is 1. The van der Waals surface area contributed by atoms with Gasteiger partial charge < -0.3 is 5.32 Å². The molecular formula is C22H34N2O3. The summed E-state index contributed by atoms with van der Waals surface area (Å²) < 4.78 is 0. The largest absolute Gasteiger partial charge is 0.349 e. The second kappa shape index (κ2) is 9.03. The van der Waals surface area contributed by atoms with Crippen LogP contribution >= 0.6 is 0 Å². The summed E-state index contributed by atoms with van der Waals surface area (Å²) >= 11 is 0. The molecule has 1 heterocycles. The van der Waals surface area contributed by atoms with Crippen LogP contribution in [0, 0.1) is 11.8 Å². The highest BCUT2D eigenvalue weighted by Gasteiger charge is 2.51. The van der Waals surface area contributed by atoms with E-state index in [1.807, 2.05) is 0 Å². The Morgan fingerprint density at radius 3 is 2.19 bits per heavy atom. The molecule has 1 N–H and O–H groups in total. The molecule has 5 heteroatoms. The van der Waals surface area contributed by atoms with Gasteiger partial charge in [-0.3, -0.25) is 19.3 Å². The molecule has 3 aliphatic rings. The summed E-state index contributed by atoms with van der Waals surface area (Å²) in [6.07, 6.45) is 12.2. The van der Waals surface area contributed by atoms with Crippen LogP contribution in [0.3, 0.4) is 0 Å².